The van der Waals surface area contributed by atoms with Gasteiger partial charge in [0.15, 0.2) is 23.0 Å². The number of hydrogen-bond donors (Lipinski definition) is 2. The Kier molecular flexibility index (Phi) is 16.2. The highest BCUT2D eigenvalue weighted by Crippen LogP contribution is 2.59. The van der Waals surface area contributed by atoms with Crippen LogP contribution in [0.15, 0.2) is 72.8 Å². The van der Waals surface area contributed by atoms with Crippen LogP contribution in [0, 0.1) is 0 Å². The number of hydrogen-bond acceptors (Lipinski definition) is 16. The van der Waals surface area contributed by atoms with E-state index in [2.05, 4.69) is 0 Å². The normalized spacial score (nSPS) is 12.0. The minimum Gasteiger partial charge on any atom is -0.504 e. The zero-order valence-corrected chi connectivity index (χ0v) is 41.3. The summed E-state index contributed by atoms with van der Waals surface area (Å²) in [6.07, 6.45) is -2.95. The second-order valence-electron chi connectivity index (χ2n) is 16.8. The molecule has 0 amide bonds. The standard InChI is InChI=1S/C54H58O16/c1-27(2)67-49-37(35-25-33(23-29(5)69-51(57)31-19-15-13-16-20-31)45(61-7)43(55)39(35)47(63-9)41(49)53(59)65-11)38-36-26-34(24-30(6)70-52(58)32-21-17-14-18-22-32)46(62-8)44(56)40(36)48(64-10)42(54(60)66-12)50(38)68-28(3)4/h13-22,25-30,55-56H,23-24H2,1-12H3/t29-,30-/m1/s1. The number of rotatable bonds is 19. The fourth-order valence-corrected chi connectivity index (χ4v) is 8.51. The van der Waals surface area contributed by atoms with Crippen molar-refractivity contribution in [3.05, 3.63) is 106 Å². The van der Waals surface area contributed by atoms with Gasteiger partial charge in [-0.15, -0.1) is 0 Å². The average Bonchev–Trinajstić information content (AvgIpc) is 3.33. The largest absolute Gasteiger partial charge is 0.504 e. The minimum atomic E-state index is -0.934. The molecule has 0 unspecified atom stereocenters. The van der Waals surface area contributed by atoms with Crippen LogP contribution in [0.5, 0.6) is 46.0 Å². The Labute approximate surface area is 405 Å². The molecule has 0 aliphatic rings. The summed E-state index contributed by atoms with van der Waals surface area (Å²) in [6, 6.07) is 20.2. The Morgan fingerprint density at radius 3 is 1.07 bits per heavy atom. The van der Waals surface area contributed by atoms with Gasteiger partial charge in [0.05, 0.1) is 76.8 Å². The molecular weight excluding hydrogens is 905 g/mol. The second-order valence-corrected chi connectivity index (χ2v) is 16.8. The van der Waals surface area contributed by atoms with Gasteiger partial charge in [-0.25, -0.2) is 19.2 Å². The number of carbonyl (C=O) groups excluding carboxylic acids is 4. The first-order valence-corrected chi connectivity index (χ1v) is 22.4. The van der Waals surface area contributed by atoms with Crippen molar-refractivity contribution >= 4 is 45.4 Å². The molecule has 6 aromatic rings. The molecule has 0 aliphatic heterocycles. The van der Waals surface area contributed by atoms with Crippen molar-refractivity contribution in [2.24, 2.45) is 0 Å². The van der Waals surface area contributed by atoms with Gasteiger partial charge in [-0.05, 0) is 77.9 Å². The van der Waals surface area contributed by atoms with Crippen molar-refractivity contribution in [3.8, 4) is 57.1 Å². The third kappa shape index (κ3) is 10.1. The van der Waals surface area contributed by atoms with E-state index < -0.39 is 59.8 Å². The Bertz CT molecular complexity index is 2730. The molecule has 0 saturated heterocycles. The van der Waals surface area contributed by atoms with Gasteiger partial charge in [-0.2, -0.15) is 0 Å². The molecule has 0 aromatic heterocycles. The van der Waals surface area contributed by atoms with Crippen LogP contribution in [-0.2, 0) is 31.8 Å². The lowest BCUT2D eigenvalue weighted by Crippen LogP contribution is -2.19. The van der Waals surface area contributed by atoms with E-state index in [4.69, 9.17) is 47.4 Å². The van der Waals surface area contributed by atoms with Crippen LogP contribution in [-0.4, -0.2) is 101 Å². The molecule has 2 atom stereocenters. The number of aromatic hydroxyl groups is 2. The monoisotopic (exact) mass is 962 g/mol. The molecule has 70 heavy (non-hydrogen) atoms. The van der Waals surface area contributed by atoms with Gasteiger partial charge in [0.1, 0.15) is 46.3 Å². The predicted octanol–water partition coefficient (Wildman–Crippen LogP) is 9.83. The van der Waals surface area contributed by atoms with Gasteiger partial charge in [0.2, 0.25) is 0 Å². The van der Waals surface area contributed by atoms with E-state index in [0.29, 0.717) is 22.3 Å². The predicted molar refractivity (Wildman–Crippen MR) is 261 cm³/mol. The zero-order valence-electron chi connectivity index (χ0n) is 41.3. The fraction of sp³-hybridized carbons (Fsp3) is 0.333. The van der Waals surface area contributed by atoms with Crippen LogP contribution < -0.4 is 28.4 Å². The molecule has 16 nitrogen and oxygen atoms in total. The summed E-state index contributed by atoms with van der Waals surface area (Å²) in [7, 11) is 7.64. The van der Waals surface area contributed by atoms with E-state index in [0.717, 1.165) is 0 Å². The van der Waals surface area contributed by atoms with Gasteiger partial charge in [-0.1, -0.05) is 36.4 Å². The molecule has 0 aliphatic carbocycles. The first kappa shape index (κ1) is 51.5. The third-order valence-electron chi connectivity index (χ3n) is 11.2. The van der Waals surface area contributed by atoms with Gasteiger partial charge < -0.3 is 57.6 Å². The molecule has 16 heteroatoms. The van der Waals surface area contributed by atoms with Crippen LogP contribution in [0.1, 0.15) is 94.1 Å². The lowest BCUT2D eigenvalue weighted by atomic mass is 9.84. The van der Waals surface area contributed by atoms with E-state index >= 15 is 0 Å². The van der Waals surface area contributed by atoms with Crippen molar-refractivity contribution < 1.29 is 76.8 Å². The second kappa shape index (κ2) is 22.0. The number of ether oxygens (including phenoxy) is 10. The van der Waals surface area contributed by atoms with E-state index in [1.165, 1.54) is 42.7 Å². The van der Waals surface area contributed by atoms with Crippen molar-refractivity contribution in [1.82, 2.24) is 0 Å². The van der Waals surface area contributed by atoms with Gasteiger partial charge >= 0.3 is 23.9 Å². The zero-order chi connectivity index (χ0) is 51.1. The number of phenolic OH excluding ortho intramolecular Hbond substituents is 2. The first-order valence-electron chi connectivity index (χ1n) is 22.4. The molecule has 2 N–H and O–H groups in total. The molecular formula is C54H58O16. The third-order valence-corrected chi connectivity index (χ3v) is 11.2. The summed E-state index contributed by atoms with van der Waals surface area (Å²) in [4.78, 5) is 55.2. The SMILES string of the molecule is COC(=O)c1c(OC(C)C)c(-c2c(OC(C)C)c(C(=O)OC)c(OC)c3c(O)c(OC)c(C[C@@H](C)OC(=O)c4ccccc4)cc23)c2cc(C[C@@H](C)OC(=O)c3ccccc3)c(OC)c(O)c2c1OC. The highest BCUT2D eigenvalue weighted by Gasteiger charge is 2.38. The Morgan fingerprint density at radius 1 is 0.457 bits per heavy atom. The summed E-state index contributed by atoms with van der Waals surface area (Å²) < 4.78 is 59.5. The number of methoxy groups -OCH3 is 6. The number of carbonyl (C=O) groups is 4. The molecule has 370 valence electrons. The van der Waals surface area contributed by atoms with Gasteiger partial charge in [-0.3, -0.25) is 0 Å². The lowest BCUT2D eigenvalue weighted by Gasteiger charge is -2.28. The van der Waals surface area contributed by atoms with Gasteiger partial charge in [0, 0.05) is 45.9 Å². The highest BCUT2D eigenvalue weighted by molar-refractivity contribution is 6.22. The number of phenols is 2. The topological polar surface area (TPSA) is 201 Å². The highest BCUT2D eigenvalue weighted by atomic mass is 16.6. The molecule has 0 heterocycles. The van der Waals surface area contributed by atoms with Crippen molar-refractivity contribution in [1.29, 1.82) is 0 Å². The van der Waals surface area contributed by atoms with Gasteiger partial charge in [0.25, 0.3) is 0 Å². The molecule has 0 radical (unpaired) electrons. The Balaban J connectivity index is 1.84. The summed E-state index contributed by atoms with van der Waals surface area (Å²) in [5, 5.41) is 25.2. The smallest absolute Gasteiger partial charge is 0.345 e. The maximum Gasteiger partial charge on any atom is 0.345 e. The molecule has 0 spiro atoms. The van der Waals surface area contributed by atoms with Crippen molar-refractivity contribution in [2.75, 3.05) is 42.7 Å². The first-order chi connectivity index (χ1) is 33.5. The van der Waals surface area contributed by atoms with Crippen molar-refractivity contribution in [2.45, 2.75) is 78.8 Å². The maximum absolute atomic E-state index is 14.3. The summed E-state index contributed by atoms with van der Waals surface area (Å²) in [5.74, 6) is -4.66. The van der Waals surface area contributed by atoms with E-state index in [1.54, 1.807) is 114 Å². The maximum atomic E-state index is 14.3. The Morgan fingerprint density at radius 2 is 0.786 bits per heavy atom. The van der Waals surface area contributed by atoms with Crippen LogP contribution in [0.3, 0.4) is 0 Å². The molecule has 6 aromatic carbocycles. The number of benzene rings is 6. The van der Waals surface area contributed by atoms with Crippen molar-refractivity contribution in [3.63, 3.8) is 0 Å². The molecule has 0 fully saturated rings. The fourth-order valence-electron chi connectivity index (χ4n) is 8.51. The summed E-state index contributed by atoms with van der Waals surface area (Å²) in [5.41, 5.74) is 0.883. The molecule has 0 bridgehead atoms. The van der Waals surface area contributed by atoms with E-state index in [-0.39, 0.29) is 91.1 Å². The summed E-state index contributed by atoms with van der Waals surface area (Å²) in [6.45, 7) is 10.3. The minimum absolute atomic E-state index is 0.0139. The number of fused-ring (bicyclic) bond motifs is 2. The summed E-state index contributed by atoms with van der Waals surface area (Å²) >= 11 is 0. The van der Waals surface area contributed by atoms with Crippen LogP contribution >= 0.6 is 0 Å². The lowest BCUT2D eigenvalue weighted by molar-refractivity contribution is 0.0331. The quantitative estimate of drug-likeness (QED) is 0.0573. The van der Waals surface area contributed by atoms with Crippen LogP contribution in [0.2, 0.25) is 0 Å². The average molecular weight is 963 g/mol. The molecule has 0 saturated carbocycles. The molecule has 6 rings (SSSR count). The Hall–Kier alpha value is -7.88. The van der Waals surface area contributed by atoms with E-state index in [9.17, 15) is 29.4 Å². The number of esters is 4. The van der Waals surface area contributed by atoms with Crippen LogP contribution in [0.25, 0.3) is 32.7 Å². The van der Waals surface area contributed by atoms with E-state index in [1.807, 2.05) is 0 Å². The van der Waals surface area contributed by atoms with Crippen LogP contribution in [0.4, 0.5) is 0 Å².